The van der Waals surface area contributed by atoms with E-state index >= 15 is 0 Å². The highest BCUT2D eigenvalue weighted by atomic mass is 16.1. The number of aldehydes is 1. The summed E-state index contributed by atoms with van der Waals surface area (Å²) in [5.41, 5.74) is 0.346. The molecule has 0 aliphatic heterocycles. The van der Waals surface area contributed by atoms with E-state index in [9.17, 15) is 4.79 Å². The van der Waals surface area contributed by atoms with Gasteiger partial charge in [-0.15, -0.1) is 0 Å². The fourth-order valence-corrected chi connectivity index (χ4v) is 2.86. The summed E-state index contributed by atoms with van der Waals surface area (Å²) in [4.78, 5) is 10.9. The van der Waals surface area contributed by atoms with Crippen molar-refractivity contribution in [2.24, 2.45) is 23.2 Å². The Bertz CT molecular complexity index is 184. The van der Waals surface area contributed by atoms with Crippen molar-refractivity contribution >= 4 is 6.29 Å². The Morgan fingerprint density at radius 1 is 1.38 bits per heavy atom. The molecule has 1 fully saturated rings. The van der Waals surface area contributed by atoms with Crippen LogP contribution in [0.2, 0.25) is 0 Å². The molecule has 1 aliphatic carbocycles. The van der Waals surface area contributed by atoms with Gasteiger partial charge < -0.3 is 4.79 Å². The minimum absolute atomic E-state index is 0.304. The molecule has 1 aliphatic rings. The van der Waals surface area contributed by atoms with Crippen molar-refractivity contribution in [2.45, 2.75) is 47.0 Å². The van der Waals surface area contributed by atoms with Gasteiger partial charge in [0.25, 0.3) is 0 Å². The molecule has 1 nitrogen and oxygen atoms in total. The summed E-state index contributed by atoms with van der Waals surface area (Å²) in [6.45, 7) is 9.14. The SMILES string of the molecule is CCC1CCC(C=O)C(C)C1(C)C. The van der Waals surface area contributed by atoms with Crippen LogP contribution < -0.4 is 0 Å². The van der Waals surface area contributed by atoms with Gasteiger partial charge in [-0.2, -0.15) is 0 Å². The highest BCUT2D eigenvalue weighted by Crippen LogP contribution is 2.48. The standard InChI is InChI=1S/C12H22O/c1-5-11-7-6-10(8-13)9(2)12(11,3)4/h8-11H,5-7H2,1-4H3. The summed E-state index contributed by atoms with van der Waals surface area (Å²) in [5, 5.41) is 0. The molecule has 0 bridgehead atoms. The van der Waals surface area contributed by atoms with Crippen LogP contribution in [0.15, 0.2) is 0 Å². The van der Waals surface area contributed by atoms with E-state index in [1.165, 1.54) is 12.8 Å². The average molecular weight is 182 g/mol. The number of hydrogen-bond acceptors (Lipinski definition) is 1. The number of hydrogen-bond donors (Lipinski definition) is 0. The van der Waals surface area contributed by atoms with Crippen LogP contribution in [0.25, 0.3) is 0 Å². The largest absolute Gasteiger partial charge is 0.303 e. The maximum Gasteiger partial charge on any atom is 0.123 e. The van der Waals surface area contributed by atoms with Crippen LogP contribution >= 0.6 is 0 Å². The second-order valence-corrected chi connectivity index (χ2v) is 5.09. The number of carbonyl (C=O) groups excluding carboxylic acids is 1. The molecular formula is C12H22O. The molecule has 0 amide bonds. The predicted octanol–water partition coefficient (Wildman–Crippen LogP) is 3.28. The van der Waals surface area contributed by atoms with Gasteiger partial charge in [-0.3, -0.25) is 0 Å². The van der Waals surface area contributed by atoms with E-state index in [4.69, 9.17) is 0 Å². The number of carbonyl (C=O) groups is 1. The summed E-state index contributed by atoms with van der Waals surface area (Å²) in [6.07, 6.45) is 4.76. The van der Waals surface area contributed by atoms with E-state index in [1.807, 2.05) is 0 Å². The molecule has 1 saturated carbocycles. The van der Waals surface area contributed by atoms with E-state index in [2.05, 4.69) is 27.7 Å². The average Bonchev–Trinajstić information content (AvgIpc) is 2.09. The monoisotopic (exact) mass is 182 g/mol. The van der Waals surface area contributed by atoms with Gasteiger partial charge in [0.15, 0.2) is 0 Å². The summed E-state index contributed by atoms with van der Waals surface area (Å²) < 4.78 is 0. The summed E-state index contributed by atoms with van der Waals surface area (Å²) in [7, 11) is 0. The fraction of sp³-hybridized carbons (Fsp3) is 0.917. The second-order valence-electron chi connectivity index (χ2n) is 5.09. The van der Waals surface area contributed by atoms with Crippen LogP contribution in [0.5, 0.6) is 0 Å². The molecule has 0 aromatic carbocycles. The molecule has 0 N–H and O–H groups in total. The van der Waals surface area contributed by atoms with Gasteiger partial charge in [-0.1, -0.05) is 34.1 Å². The van der Waals surface area contributed by atoms with Crippen molar-refractivity contribution in [3.05, 3.63) is 0 Å². The van der Waals surface area contributed by atoms with Crippen molar-refractivity contribution in [2.75, 3.05) is 0 Å². The fourth-order valence-electron chi connectivity index (χ4n) is 2.86. The molecule has 3 unspecified atom stereocenters. The quantitative estimate of drug-likeness (QED) is 0.599. The zero-order chi connectivity index (χ0) is 10.1. The Kier molecular flexibility index (Phi) is 3.15. The van der Waals surface area contributed by atoms with Crippen molar-refractivity contribution in [1.29, 1.82) is 0 Å². The maximum atomic E-state index is 10.9. The zero-order valence-electron chi connectivity index (χ0n) is 9.34. The second kappa shape index (κ2) is 3.81. The Balaban J connectivity index is 2.78. The molecule has 3 atom stereocenters. The first-order chi connectivity index (χ1) is 6.04. The molecule has 1 heteroatoms. The molecule has 0 radical (unpaired) electrons. The van der Waals surface area contributed by atoms with Crippen molar-refractivity contribution in [1.82, 2.24) is 0 Å². The molecule has 0 heterocycles. The van der Waals surface area contributed by atoms with Gasteiger partial charge in [-0.05, 0) is 30.1 Å². The minimum Gasteiger partial charge on any atom is -0.303 e. The van der Waals surface area contributed by atoms with Crippen LogP contribution in [0.3, 0.4) is 0 Å². The van der Waals surface area contributed by atoms with Crippen LogP contribution in [-0.4, -0.2) is 6.29 Å². The van der Waals surface area contributed by atoms with E-state index < -0.39 is 0 Å². The molecule has 0 aromatic rings. The van der Waals surface area contributed by atoms with Gasteiger partial charge in [-0.25, -0.2) is 0 Å². The van der Waals surface area contributed by atoms with Crippen LogP contribution in [0, 0.1) is 23.2 Å². The smallest absolute Gasteiger partial charge is 0.123 e. The summed E-state index contributed by atoms with van der Waals surface area (Å²) in [5.74, 6) is 1.65. The molecular weight excluding hydrogens is 160 g/mol. The van der Waals surface area contributed by atoms with E-state index in [1.54, 1.807) is 0 Å². The van der Waals surface area contributed by atoms with Gasteiger partial charge >= 0.3 is 0 Å². The lowest BCUT2D eigenvalue weighted by atomic mass is 9.58. The van der Waals surface area contributed by atoms with Crippen LogP contribution in [-0.2, 0) is 4.79 Å². The predicted molar refractivity (Wildman–Crippen MR) is 55.5 cm³/mol. The third-order valence-electron chi connectivity index (χ3n) is 4.38. The lowest BCUT2D eigenvalue weighted by Crippen LogP contribution is -2.40. The van der Waals surface area contributed by atoms with E-state index in [0.717, 1.165) is 18.6 Å². The first-order valence-electron chi connectivity index (χ1n) is 5.49. The van der Waals surface area contributed by atoms with Crippen molar-refractivity contribution in [3.8, 4) is 0 Å². The van der Waals surface area contributed by atoms with Crippen molar-refractivity contribution in [3.63, 3.8) is 0 Å². The molecule has 0 spiro atoms. The molecule has 13 heavy (non-hydrogen) atoms. The summed E-state index contributed by atoms with van der Waals surface area (Å²) >= 11 is 0. The zero-order valence-corrected chi connectivity index (χ0v) is 9.34. The van der Waals surface area contributed by atoms with Crippen molar-refractivity contribution < 1.29 is 4.79 Å². The van der Waals surface area contributed by atoms with Gasteiger partial charge in [0.05, 0.1) is 0 Å². The highest BCUT2D eigenvalue weighted by molar-refractivity contribution is 5.54. The number of rotatable bonds is 2. The summed E-state index contributed by atoms with van der Waals surface area (Å²) in [6, 6.07) is 0. The lowest BCUT2D eigenvalue weighted by Gasteiger charge is -2.46. The van der Waals surface area contributed by atoms with Crippen LogP contribution in [0.4, 0.5) is 0 Å². The third-order valence-corrected chi connectivity index (χ3v) is 4.38. The normalized spacial score (nSPS) is 38.6. The third kappa shape index (κ3) is 1.79. The first kappa shape index (κ1) is 10.7. The molecule has 0 aromatic heterocycles. The van der Waals surface area contributed by atoms with E-state index in [-0.39, 0.29) is 0 Å². The Labute approximate surface area is 81.9 Å². The Hall–Kier alpha value is -0.330. The Morgan fingerprint density at radius 2 is 2.00 bits per heavy atom. The lowest BCUT2D eigenvalue weighted by molar-refractivity contribution is -0.117. The molecule has 0 saturated heterocycles. The molecule has 1 rings (SSSR count). The van der Waals surface area contributed by atoms with E-state index in [0.29, 0.717) is 17.3 Å². The van der Waals surface area contributed by atoms with Gasteiger partial charge in [0.2, 0.25) is 0 Å². The topological polar surface area (TPSA) is 17.1 Å². The molecule has 76 valence electrons. The van der Waals surface area contributed by atoms with Crippen LogP contribution in [0.1, 0.15) is 47.0 Å². The Morgan fingerprint density at radius 3 is 2.46 bits per heavy atom. The first-order valence-corrected chi connectivity index (χ1v) is 5.49. The van der Waals surface area contributed by atoms with Gasteiger partial charge in [0, 0.05) is 5.92 Å². The highest BCUT2D eigenvalue weighted by Gasteiger charge is 2.41. The van der Waals surface area contributed by atoms with Gasteiger partial charge in [0.1, 0.15) is 6.29 Å². The maximum absolute atomic E-state index is 10.9. The minimum atomic E-state index is 0.304.